The summed E-state index contributed by atoms with van der Waals surface area (Å²) in [6.45, 7) is 0. The van der Waals surface area contributed by atoms with Gasteiger partial charge in [-0.1, -0.05) is 15.9 Å². The highest BCUT2D eigenvalue weighted by atomic mass is 79.9. The van der Waals surface area contributed by atoms with Crippen LogP contribution in [0.2, 0.25) is 0 Å². The first kappa shape index (κ1) is 11.5. The lowest BCUT2D eigenvalue weighted by atomic mass is 10.3. The van der Waals surface area contributed by atoms with Crippen LogP contribution in [-0.4, -0.2) is 13.4 Å². The molecule has 1 rings (SSSR count). The lowest BCUT2D eigenvalue weighted by Crippen LogP contribution is -2.14. The maximum absolute atomic E-state index is 12.2. The minimum absolute atomic E-state index is 0.0356. The molecule has 4 nitrogen and oxygen atoms in total. The minimum atomic E-state index is -3.95. The quantitative estimate of drug-likeness (QED) is 0.894. The fourth-order valence-corrected chi connectivity index (χ4v) is 1.87. The summed E-state index contributed by atoms with van der Waals surface area (Å²) in [5, 5.41) is 4.30. The molecule has 0 aliphatic carbocycles. The Morgan fingerprint density at radius 2 is 2.07 bits per heavy atom. The van der Waals surface area contributed by atoms with Crippen molar-refractivity contribution in [2.75, 3.05) is 0 Å². The second-order valence-corrected chi connectivity index (χ2v) is 4.75. The van der Waals surface area contributed by atoms with Crippen molar-refractivity contribution in [3.05, 3.63) is 22.3 Å². The van der Waals surface area contributed by atoms with Gasteiger partial charge in [0.2, 0.25) is 0 Å². The van der Waals surface area contributed by atoms with Crippen LogP contribution in [0.15, 0.2) is 21.8 Å². The molecule has 8 heteroatoms. The number of sulfonamides is 1. The fourth-order valence-electron chi connectivity index (χ4n) is 0.740. The molecule has 2 N–H and O–H groups in total. The van der Waals surface area contributed by atoms with E-state index in [-0.39, 0.29) is 10.0 Å². The van der Waals surface area contributed by atoms with Crippen molar-refractivity contribution in [3.63, 3.8) is 0 Å². The highest BCUT2D eigenvalue weighted by Crippen LogP contribution is 2.27. The van der Waals surface area contributed by atoms with Gasteiger partial charge in [-0.15, -0.1) is 0 Å². The van der Waals surface area contributed by atoms with E-state index in [0.717, 1.165) is 12.3 Å². The van der Waals surface area contributed by atoms with Crippen LogP contribution in [0.4, 0.5) is 8.78 Å². The first-order chi connectivity index (χ1) is 6.32. The average Bonchev–Trinajstić information content (AvgIpc) is 2.01. The van der Waals surface area contributed by atoms with Crippen LogP contribution >= 0.6 is 15.9 Å². The van der Waals surface area contributed by atoms with Gasteiger partial charge in [0.05, 0.1) is 5.56 Å². The zero-order valence-corrected chi connectivity index (χ0v) is 9.02. The van der Waals surface area contributed by atoms with Gasteiger partial charge in [0.1, 0.15) is 0 Å². The number of hydrogen-bond acceptors (Lipinski definition) is 3. The molecule has 0 aliphatic heterocycles. The molecule has 0 unspecified atom stereocenters. The van der Waals surface area contributed by atoms with Crippen LogP contribution in [-0.2, 0) is 10.0 Å². The summed E-state index contributed by atoms with van der Waals surface area (Å²) in [6, 6.07) is 0.941. The number of alkyl halides is 2. The Hall–Kier alpha value is -0.600. The monoisotopic (exact) mass is 286 g/mol. The number of rotatable bonds is 2. The molecule has 0 saturated heterocycles. The molecule has 14 heavy (non-hydrogen) atoms. The summed E-state index contributed by atoms with van der Waals surface area (Å²) >= 11 is 2.80. The topological polar surface area (TPSA) is 73.1 Å². The predicted octanol–water partition coefficient (Wildman–Crippen LogP) is 1.43. The van der Waals surface area contributed by atoms with Crippen molar-refractivity contribution >= 4 is 26.0 Å². The SMILES string of the molecule is NS(=O)(=O)c1cc(Br)c(C(F)F)cn1. The number of primary sulfonamides is 1. The Kier molecular flexibility index (Phi) is 3.17. The maximum Gasteiger partial charge on any atom is 0.266 e. The van der Waals surface area contributed by atoms with Gasteiger partial charge in [-0.2, -0.15) is 0 Å². The van der Waals surface area contributed by atoms with E-state index in [1.807, 2.05) is 0 Å². The normalized spacial score (nSPS) is 12.1. The average molecular weight is 287 g/mol. The number of nitrogens with zero attached hydrogens (tertiary/aromatic N) is 1. The standard InChI is InChI=1S/C6H5BrF2N2O2S/c7-4-1-5(14(10,12)13)11-2-3(4)6(8)9/h1-2,6H,(H2,10,12,13). The number of nitrogens with two attached hydrogens (primary N) is 1. The van der Waals surface area contributed by atoms with Gasteiger partial charge in [-0.25, -0.2) is 27.3 Å². The van der Waals surface area contributed by atoms with Gasteiger partial charge in [0, 0.05) is 10.7 Å². The molecule has 0 aromatic carbocycles. The third-order valence-electron chi connectivity index (χ3n) is 1.38. The number of halogens is 3. The molecule has 0 amide bonds. The van der Waals surface area contributed by atoms with Crippen LogP contribution in [0.1, 0.15) is 12.0 Å². The van der Waals surface area contributed by atoms with Gasteiger partial charge in [-0.05, 0) is 6.07 Å². The summed E-state index contributed by atoms with van der Waals surface area (Å²) in [7, 11) is -3.95. The predicted molar refractivity (Wildman–Crippen MR) is 48.3 cm³/mol. The Bertz CT molecular complexity index is 449. The van der Waals surface area contributed by atoms with Gasteiger partial charge >= 0.3 is 0 Å². The van der Waals surface area contributed by atoms with Crippen molar-refractivity contribution in [2.45, 2.75) is 11.5 Å². The van der Waals surface area contributed by atoms with E-state index in [4.69, 9.17) is 5.14 Å². The Balaban J connectivity index is 3.27. The zero-order chi connectivity index (χ0) is 10.9. The Labute approximate surface area is 87.3 Å². The van der Waals surface area contributed by atoms with Crippen molar-refractivity contribution in [1.82, 2.24) is 4.98 Å². The number of hydrogen-bond donors (Lipinski definition) is 1. The summed E-state index contributed by atoms with van der Waals surface area (Å²) in [6.07, 6.45) is -1.94. The second kappa shape index (κ2) is 3.87. The minimum Gasteiger partial charge on any atom is -0.243 e. The zero-order valence-electron chi connectivity index (χ0n) is 6.62. The molecule has 1 aromatic rings. The molecule has 0 fully saturated rings. The molecule has 1 heterocycles. The summed E-state index contributed by atoms with van der Waals surface area (Å²) in [5.74, 6) is 0. The van der Waals surface area contributed by atoms with E-state index in [1.54, 1.807) is 0 Å². The van der Waals surface area contributed by atoms with Gasteiger partial charge in [-0.3, -0.25) is 0 Å². The van der Waals surface area contributed by atoms with E-state index in [0.29, 0.717) is 0 Å². The summed E-state index contributed by atoms with van der Waals surface area (Å²) in [5.41, 5.74) is -0.377. The first-order valence-corrected chi connectivity index (χ1v) is 5.62. The highest BCUT2D eigenvalue weighted by molar-refractivity contribution is 9.10. The first-order valence-electron chi connectivity index (χ1n) is 3.29. The van der Waals surface area contributed by atoms with E-state index in [9.17, 15) is 17.2 Å². The summed E-state index contributed by atoms with van der Waals surface area (Å²) in [4.78, 5) is 3.31. The largest absolute Gasteiger partial charge is 0.266 e. The third-order valence-corrected chi connectivity index (χ3v) is 2.88. The molecule has 1 aromatic heterocycles. The Morgan fingerprint density at radius 1 is 1.50 bits per heavy atom. The molecule has 0 aliphatic rings. The van der Waals surface area contributed by atoms with Crippen molar-refractivity contribution < 1.29 is 17.2 Å². The molecule has 0 bridgehead atoms. The van der Waals surface area contributed by atoms with Gasteiger partial charge < -0.3 is 0 Å². The van der Waals surface area contributed by atoms with Crippen LogP contribution in [0.5, 0.6) is 0 Å². The highest BCUT2D eigenvalue weighted by Gasteiger charge is 2.16. The molecular formula is C6H5BrF2N2O2S. The molecule has 0 saturated carbocycles. The third kappa shape index (κ3) is 2.46. The lowest BCUT2D eigenvalue weighted by Gasteiger charge is -2.03. The van der Waals surface area contributed by atoms with Crippen LogP contribution in [0.3, 0.4) is 0 Å². The van der Waals surface area contributed by atoms with Crippen LogP contribution in [0.25, 0.3) is 0 Å². The second-order valence-electron chi connectivity index (χ2n) is 2.39. The number of aromatic nitrogens is 1. The molecular weight excluding hydrogens is 282 g/mol. The maximum atomic E-state index is 12.2. The van der Waals surface area contributed by atoms with Gasteiger partial charge in [0.25, 0.3) is 16.4 Å². The van der Waals surface area contributed by atoms with Crippen LogP contribution < -0.4 is 5.14 Å². The lowest BCUT2D eigenvalue weighted by molar-refractivity contribution is 0.150. The van der Waals surface area contributed by atoms with Gasteiger partial charge in [0.15, 0.2) is 5.03 Å². The van der Waals surface area contributed by atoms with E-state index in [1.165, 1.54) is 0 Å². The number of pyridine rings is 1. The molecule has 0 atom stereocenters. The van der Waals surface area contributed by atoms with E-state index < -0.39 is 21.5 Å². The van der Waals surface area contributed by atoms with Crippen molar-refractivity contribution in [2.24, 2.45) is 5.14 Å². The van der Waals surface area contributed by atoms with Crippen molar-refractivity contribution in [1.29, 1.82) is 0 Å². The smallest absolute Gasteiger partial charge is 0.243 e. The van der Waals surface area contributed by atoms with E-state index >= 15 is 0 Å². The van der Waals surface area contributed by atoms with Crippen molar-refractivity contribution in [3.8, 4) is 0 Å². The van der Waals surface area contributed by atoms with Crippen LogP contribution in [0, 0.1) is 0 Å². The fraction of sp³-hybridized carbons (Fsp3) is 0.167. The van der Waals surface area contributed by atoms with E-state index in [2.05, 4.69) is 20.9 Å². The molecule has 0 spiro atoms. The molecule has 0 radical (unpaired) electrons. The Morgan fingerprint density at radius 3 is 2.43 bits per heavy atom. The summed E-state index contributed by atoms with van der Waals surface area (Å²) < 4.78 is 45.9. The molecule has 78 valence electrons.